The first-order valence-electron chi connectivity index (χ1n) is 6.47. The molecule has 1 amide bonds. The molecule has 0 aliphatic carbocycles. The van der Waals surface area contributed by atoms with Crippen molar-refractivity contribution in [1.82, 2.24) is 14.7 Å². The predicted octanol–water partition coefficient (Wildman–Crippen LogP) is 2.08. The van der Waals surface area contributed by atoms with Gasteiger partial charge in [-0.2, -0.15) is 5.10 Å². The lowest BCUT2D eigenvalue weighted by atomic mass is 10.1. The minimum atomic E-state index is -0.0514. The van der Waals surface area contributed by atoms with Crippen LogP contribution in [0.3, 0.4) is 0 Å². The fraction of sp³-hybridized carbons (Fsp3) is 0.333. The number of aryl methyl sites for hydroxylation is 1. The standard InChI is InChI=1S/C15H20N4O/c1-9-10(2)17-19(11(9)3)14-8-12(6-7-13(14)16)15(20)18(4)5/h6-8H,16H2,1-5H3. The van der Waals surface area contributed by atoms with E-state index in [1.54, 1.807) is 41.9 Å². The molecule has 0 fully saturated rings. The highest BCUT2D eigenvalue weighted by molar-refractivity contribution is 5.95. The van der Waals surface area contributed by atoms with Gasteiger partial charge in [-0.15, -0.1) is 0 Å². The summed E-state index contributed by atoms with van der Waals surface area (Å²) in [6.07, 6.45) is 0. The summed E-state index contributed by atoms with van der Waals surface area (Å²) < 4.78 is 1.80. The van der Waals surface area contributed by atoms with E-state index in [2.05, 4.69) is 5.10 Å². The van der Waals surface area contributed by atoms with Gasteiger partial charge in [0.15, 0.2) is 0 Å². The van der Waals surface area contributed by atoms with Gasteiger partial charge in [0, 0.05) is 25.4 Å². The second kappa shape index (κ2) is 5.00. The largest absolute Gasteiger partial charge is 0.397 e. The smallest absolute Gasteiger partial charge is 0.253 e. The van der Waals surface area contributed by atoms with Gasteiger partial charge in [-0.3, -0.25) is 4.79 Å². The fourth-order valence-corrected chi connectivity index (χ4v) is 2.07. The van der Waals surface area contributed by atoms with Crippen LogP contribution in [0.1, 0.15) is 27.3 Å². The molecule has 0 aliphatic rings. The Hall–Kier alpha value is -2.30. The first-order valence-corrected chi connectivity index (χ1v) is 6.47. The van der Waals surface area contributed by atoms with Crippen LogP contribution in [0.4, 0.5) is 5.69 Å². The second-order valence-corrected chi connectivity index (χ2v) is 5.18. The predicted molar refractivity (Wildman–Crippen MR) is 80.2 cm³/mol. The van der Waals surface area contributed by atoms with Gasteiger partial charge in [-0.05, 0) is 44.5 Å². The Bertz CT molecular complexity index is 671. The number of anilines is 1. The average molecular weight is 272 g/mol. The Morgan fingerprint density at radius 2 is 1.90 bits per heavy atom. The Morgan fingerprint density at radius 3 is 2.40 bits per heavy atom. The van der Waals surface area contributed by atoms with E-state index < -0.39 is 0 Å². The molecule has 0 radical (unpaired) electrons. The Morgan fingerprint density at radius 1 is 1.25 bits per heavy atom. The molecule has 0 bridgehead atoms. The van der Waals surface area contributed by atoms with Crippen LogP contribution < -0.4 is 5.73 Å². The summed E-state index contributed by atoms with van der Waals surface area (Å²) in [5.74, 6) is -0.0514. The summed E-state index contributed by atoms with van der Waals surface area (Å²) in [5, 5.41) is 4.50. The van der Waals surface area contributed by atoms with Crippen molar-refractivity contribution in [2.24, 2.45) is 0 Å². The van der Waals surface area contributed by atoms with Crippen molar-refractivity contribution in [3.8, 4) is 5.69 Å². The number of rotatable bonds is 2. The van der Waals surface area contributed by atoms with Gasteiger partial charge in [-0.1, -0.05) is 0 Å². The molecular weight excluding hydrogens is 252 g/mol. The van der Waals surface area contributed by atoms with Crippen molar-refractivity contribution in [2.45, 2.75) is 20.8 Å². The minimum Gasteiger partial charge on any atom is -0.397 e. The average Bonchev–Trinajstić information content (AvgIpc) is 2.66. The molecule has 1 aromatic heterocycles. The maximum atomic E-state index is 12.1. The van der Waals surface area contributed by atoms with Crippen molar-refractivity contribution >= 4 is 11.6 Å². The molecule has 5 nitrogen and oxygen atoms in total. The number of hydrogen-bond donors (Lipinski definition) is 1. The maximum absolute atomic E-state index is 12.1. The van der Waals surface area contributed by atoms with Crippen LogP contribution in [0, 0.1) is 20.8 Å². The summed E-state index contributed by atoms with van der Waals surface area (Å²) in [6, 6.07) is 5.27. The third kappa shape index (κ3) is 2.27. The van der Waals surface area contributed by atoms with E-state index in [0.29, 0.717) is 11.3 Å². The number of carbonyl (C=O) groups is 1. The highest BCUT2D eigenvalue weighted by Gasteiger charge is 2.15. The van der Waals surface area contributed by atoms with Crippen molar-refractivity contribution in [2.75, 3.05) is 19.8 Å². The van der Waals surface area contributed by atoms with Crippen LogP contribution in [0.25, 0.3) is 5.69 Å². The van der Waals surface area contributed by atoms with Crippen molar-refractivity contribution < 1.29 is 4.79 Å². The summed E-state index contributed by atoms with van der Waals surface area (Å²) >= 11 is 0. The molecular formula is C15H20N4O. The molecule has 2 N–H and O–H groups in total. The first kappa shape index (κ1) is 14.1. The maximum Gasteiger partial charge on any atom is 0.253 e. The van der Waals surface area contributed by atoms with Gasteiger partial charge in [-0.25, -0.2) is 4.68 Å². The molecule has 1 heterocycles. The molecule has 2 aromatic rings. The number of nitrogen functional groups attached to an aromatic ring is 1. The molecule has 0 aliphatic heterocycles. The highest BCUT2D eigenvalue weighted by atomic mass is 16.2. The third-order valence-corrected chi connectivity index (χ3v) is 3.56. The first-order chi connectivity index (χ1) is 9.32. The van der Waals surface area contributed by atoms with Crippen molar-refractivity contribution in [1.29, 1.82) is 0 Å². The van der Waals surface area contributed by atoms with E-state index >= 15 is 0 Å². The summed E-state index contributed by atoms with van der Waals surface area (Å²) in [7, 11) is 3.46. The Labute approximate surface area is 119 Å². The minimum absolute atomic E-state index is 0.0514. The molecule has 106 valence electrons. The number of hydrogen-bond acceptors (Lipinski definition) is 3. The van der Waals surface area contributed by atoms with E-state index in [4.69, 9.17) is 5.73 Å². The fourth-order valence-electron chi connectivity index (χ4n) is 2.07. The zero-order valence-corrected chi connectivity index (χ0v) is 12.6. The summed E-state index contributed by atoms with van der Waals surface area (Å²) in [4.78, 5) is 13.6. The number of amides is 1. The Balaban J connectivity index is 2.59. The van der Waals surface area contributed by atoms with E-state index in [1.165, 1.54) is 0 Å². The van der Waals surface area contributed by atoms with E-state index in [1.807, 2.05) is 20.8 Å². The van der Waals surface area contributed by atoms with Crippen molar-refractivity contribution in [3.63, 3.8) is 0 Å². The zero-order valence-electron chi connectivity index (χ0n) is 12.6. The van der Waals surface area contributed by atoms with Crippen molar-refractivity contribution in [3.05, 3.63) is 40.7 Å². The van der Waals surface area contributed by atoms with Gasteiger partial charge < -0.3 is 10.6 Å². The summed E-state index contributed by atoms with van der Waals surface area (Å²) in [5.41, 5.74) is 11.1. The van der Waals surface area contributed by atoms with Gasteiger partial charge in [0.05, 0.1) is 17.1 Å². The van der Waals surface area contributed by atoms with Gasteiger partial charge in [0.25, 0.3) is 5.91 Å². The van der Waals surface area contributed by atoms with E-state index in [9.17, 15) is 4.79 Å². The number of carbonyl (C=O) groups excluding carboxylic acids is 1. The molecule has 0 unspecified atom stereocenters. The van der Waals surface area contributed by atoms with Crippen LogP contribution in [0.5, 0.6) is 0 Å². The number of benzene rings is 1. The zero-order chi connectivity index (χ0) is 15.0. The molecule has 5 heteroatoms. The molecule has 0 atom stereocenters. The van der Waals surface area contributed by atoms with Crippen LogP contribution in [-0.2, 0) is 0 Å². The highest BCUT2D eigenvalue weighted by Crippen LogP contribution is 2.23. The number of nitrogens with zero attached hydrogens (tertiary/aromatic N) is 3. The lowest BCUT2D eigenvalue weighted by Crippen LogP contribution is -2.22. The normalized spacial score (nSPS) is 10.7. The summed E-state index contributed by atoms with van der Waals surface area (Å²) in [6.45, 7) is 5.98. The second-order valence-electron chi connectivity index (χ2n) is 5.18. The molecule has 20 heavy (non-hydrogen) atoms. The molecule has 2 rings (SSSR count). The molecule has 0 saturated heterocycles. The quantitative estimate of drug-likeness (QED) is 0.851. The van der Waals surface area contributed by atoms with E-state index in [0.717, 1.165) is 22.6 Å². The molecule has 0 saturated carbocycles. The lowest BCUT2D eigenvalue weighted by molar-refractivity contribution is 0.0827. The Kier molecular flexibility index (Phi) is 3.53. The van der Waals surface area contributed by atoms with Crippen LogP contribution >= 0.6 is 0 Å². The van der Waals surface area contributed by atoms with Crippen LogP contribution in [0.2, 0.25) is 0 Å². The number of aromatic nitrogens is 2. The monoisotopic (exact) mass is 272 g/mol. The molecule has 1 aromatic carbocycles. The van der Waals surface area contributed by atoms with E-state index in [-0.39, 0.29) is 5.91 Å². The third-order valence-electron chi connectivity index (χ3n) is 3.56. The van der Waals surface area contributed by atoms with Gasteiger partial charge in [0.1, 0.15) is 0 Å². The van der Waals surface area contributed by atoms with Gasteiger partial charge >= 0.3 is 0 Å². The van der Waals surface area contributed by atoms with Gasteiger partial charge in [0.2, 0.25) is 0 Å². The van der Waals surface area contributed by atoms with Crippen LogP contribution in [-0.4, -0.2) is 34.7 Å². The van der Waals surface area contributed by atoms with Crippen LogP contribution in [0.15, 0.2) is 18.2 Å². The lowest BCUT2D eigenvalue weighted by Gasteiger charge is -2.13. The topological polar surface area (TPSA) is 64.2 Å². The SMILES string of the molecule is Cc1nn(-c2cc(C(=O)N(C)C)ccc2N)c(C)c1C. The molecule has 0 spiro atoms. The number of nitrogens with two attached hydrogens (primary N) is 1.